The second-order valence-corrected chi connectivity index (χ2v) is 6.93. The second kappa shape index (κ2) is 5.85. The number of aryl methyl sites for hydroxylation is 1. The first kappa shape index (κ1) is 15.6. The third-order valence-corrected chi connectivity index (χ3v) is 5.09. The molecule has 2 nitrogen and oxygen atoms in total. The SMILES string of the molecule is O=C(C1CC1c1ccc(F)cc1)N1CCCc2cc(Cl)cc(F)c21. The van der Waals surface area contributed by atoms with Crippen LogP contribution in [0.1, 0.15) is 29.9 Å². The van der Waals surface area contributed by atoms with Crippen LogP contribution in [0.2, 0.25) is 5.02 Å². The monoisotopic (exact) mass is 347 g/mol. The van der Waals surface area contributed by atoms with Crippen molar-refractivity contribution in [2.45, 2.75) is 25.2 Å². The molecule has 2 aliphatic rings. The van der Waals surface area contributed by atoms with Crippen molar-refractivity contribution in [3.05, 3.63) is 64.2 Å². The molecule has 4 rings (SSSR count). The molecule has 2 aromatic rings. The van der Waals surface area contributed by atoms with Crippen molar-refractivity contribution in [2.75, 3.05) is 11.4 Å². The Kier molecular flexibility index (Phi) is 3.80. The van der Waals surface area contributed by atoms with E-state index in [9.17, 15) is 13.6 Å². The Hall–Kier alpha value is -1.94. The summed E-state index contributed by atoms with van der Waals surface area (Å²) in [6.07, 6.45) is 2.25. The van der Waals surface area contributed by atoms with E-state index in [2.05, 4.69) is 0 Å². The highest BCUT2D eigenvalue weighted by molar-refractivity contribution is 6.30. The van der Waals surface area contributed by atoms with Gasteiger partial charge in [0, 0.05) is 17.5 Å². The normalized spacial score (nSPS) is 22.2. The van der Waals surface area contributed by atoms with Gasteiger partial charge in [0.2, 0.25) is 5.91 Å². The van der Waals surface area contributed by atoms with E-state index in [1.165, 1.54) is 18.2 Å². The standard InChI is InChI=1S/C19H16ClF2NO/c20-13-8-12-2-1-7-23(18(12)17(22)9-13)19(24)16-10-15(16)11-3-5-14(21)6-4-11/h3-6,8-9,15-16H,1-2,7,10H2. The largest absolute Gasteiger partial charge is 0.309 e. The van der Waals surface area contributed by atoms with Crippen molar-refractivity contribution in [1.29, 1.82) is 0 Å². The molecular weight excluding hydrogens is 332 g/mol. The lowest BCUT2D eigenvalue weighted by Crippen LogP contribution is -2.37. The fraction of sp³-hybridized carbons (Fsp3) is 0.316. The van der Waals surface area contributed by atoms with E-state index >= 15 is 0 Å². The maximum atomic E-state index is 14.4. The zero-order chi connectivity index (χ0) is 16.8. The molecule has 0 aromatic heterocycles. The third-order valence-electron chi connectivity index (χ3n) is 4.88. The van der Waals surface area contributed by atoms with E-state index in [-0.39, 0.29) is 23.6 Å². The lowest BCUT2D eigenvalue weighted by Gasteiger charge is -2.30. The first-order valence-corrected chi connectivity index (χ1v) is 8.47. The summed E-state index contributed by atoms with van der Waals surface area (Å²) in [5.74, 6) is -0.836. The Morgan fingerprint density at radius 1 is 1.17 bits per heavy atom. The number of benzene rings is 2. The van der Waals surface area contributed by atoms with E-state index in [0.717, 1.165) is 30.4 Å². The zero-order valence-electron chi connectivity index (χ0n) is 12.9. The summed E-state index contributed by atoms with van der Waals surface area (Å²) in [6.45, 7) is 0.525. The minimum Gasteiger partial charge on any atom is -0.309 e. The maximum absolute atomic E-state index is 14.4. The summed E-state index contributed by atoms with van der Waals surface area (Å²) in [4.78, 5) is 14.4. The highest BCUT2D eigenvalue weighted by Crippen LogP contribution is 2.49. The fourth-order valence-corrected chi connectivity index (χ4v) is 3.85. The van der Waals surface area contributed by atoms with Crippen molar-refractivity contribution < 1.29 is 13.6 Å². The number of hydrogen-bond acceptors (Lipinski definition) is 1. The van der Waals surface area contributed by atoms with Crippen LogP contribution in [0.3, 0.4) is 0 Å². The first-order chi connectivity index (χ1) is 11.5. The van der Waals surface area contributed by atoms with Gasteiger partial charge < -0.3 is 4.90 Å². The molecule has 0 spiro atoms. The van der Waals surface area contributed by atoms with Crippen molar-refractivity contribution in [3.63, 3.8) is 0 Å². The summed E-state index contributed by atoms with van der Waals surface area (Å²) >= 11 is 5.93. The van der Waals surface area contributed by atoms with Crippen LogP contribution in [-0.2, 0) is 11.2 Å². The molecule has 0 saturated heterocycles. The summed E-state index contributed by atoms with van der Waals surface area (Å²) in [5, 5.41) is 0.358. The molecule has 24 heavy (non-hydrogen) atoms. The topological polar surface area (TPSA) is 20.3 Å². The average Bonchev–Trinajstić information content (AvgIpc) is 3.34. The van der Waals surface area contributed by atoms with Gasteiger partial charge in [-0.15, -0.1) is 0 Å². The maximum Gasteiger partial charge on any atom is 0.230 e. The minimum atomic E-state index is -0.440. The van der Waals surface area contributed by atoms with Crippen molar-refractivity contribution in [3.8, 4) is 0 Å². The summed E-state index contributed by atoms with van der Waals surface area (Å²) in [7, 11) is 0. The number of fused-ring (bicyclic) bond motifs is 1. The summed E-state index contributed by atoms with van der Waals surface area (Å²) < 4.78 is 27.4. The Bertz CT molecular complexity index is 806. The predicted octanol–water partition coefficient (Wildman–Crippen LogP) is 4.70. The molecule has 1 aliphatic carbocycles. The van der Waals surface area contributed by atoms with E-state index in [1.54, 1.807) is 23.1 Å². The Labute approximate surface area is 144 Å². The molecular formula is C19H16ClF2NO. The Morgan fingerprint density at radius 2 is 1.92 bits per heavy atom. The van der Waals surface area contributed by atoms with Gasteiger partial charge in [-0.2, -0.15) is 0 Å². The van der Waals surface area contributed by atoms with Crippen LogP contribution in [0.5, 0.6) is 0 Å². The van der Waals surface area contributed by atoms with Crippen LogP contribution in [0, 0.1) is 17.6 Å². The minimum absolute atomic E-state index is 0.0495. The molecule has 1 fully saturated rings. The van der Waals surface area contributed by atoms with Crippen molar-refractivity contribution in [2.24, 2.45) is 5.92 Å². The van der Waals surface area contributed by atoms with Gasteiger partial charge in [-0.3, -0.25) is 4.79 Å². The average molecular weight is 348 g/mol. The highest BCUT2D eigenvalue weighted by atomic mass is 35.5. The van der Waals surface area contributed by atoms with Gasteiger partial charge in [0.05, 0.1) is 5.69 Å². The second-order valence-electron chi connectivity index (χ2n) is 6.49. The number of amides is 1. The number of carbonyl (C=O) groups is 1. The lowest BCUT2D eigenvalue weighted by molar-refractivity contribution is -0.120. The van der Waals surface area contributed by atoms with E-state index in [4.69, 9.17) is 11.6 Å². The first-order valence-electron chi connectivity index (χ1n) is 8.09. The van der Waals surface area contributed by atoms with Crippen LogP contribution in [0.25, 0.3) is 0 Å². The van der Waals surface area contributed by atoms with Crippen LogP contribution < -0.4 is 4.90 Å². The van der Waals surface area contributed by atoms with Gasteiger partial charge in [0.1, 0.15) is 11.6 Å². The number of carbonyl (C=O) groups excluding carboxylic acids is 1. The van der Waals surface area contributed by atoms with E-state index < -0.39 is 5.82 Å². The predicted molar refractivity (Wildman–Crippen MR) is 89.3 cm³/mol. The van der Waals surface area contributed by atoms with Gasteiger partial charge in [-0.05, 0) is 60.6 Å². The molecule has 2 aromatic carbocycles. The molecule has 0 bridgehead atoms. The van der Waals surface area contributed by atoms with Gasteiger partial charge >= 0.3 is 0 Å². The van der Waals surface area contributed by atoms with Gasteiger partial charge in [0.25, 0.3) is 0 Å². The third kappa shape index (κ3) is 2.69. The fourth-order valence-electron chi connectivity index (χ4n) is 3.62. The molecule has 1 saturated carbocycles. The Morgan fingerprint density at radius 3 is 2.67 bits per heavy atom. The van der Waals surface area contributed by atoms with Crippen molar-refractivity contribution >= 4 is 23.2 Å². The van der Waals surface area contributed by atoms with Crippen LogP contribution in [0.4, 0.5) is 14.5 Å². The number of hydrogen-bond donors (Lipinski definition) is 0. The van der Waals surface area contributed by atoms with Gasteiger partial charge in [0.15, 0.2) is 0 Å². The zero-order valence-corrected chi connectivity index (χ0v) is 13.7. The number of anilines is 1. The quantitative estimate of drug-likeness (QED) is 0.771. The molecule has 0 N–H and O–H groups in total. The summed E-state index contributed by atoms with van der Waals surface area (Å²) in [6, 6.07) is 9.26. The highest BCUT2D eigenvalue weighted by Gasteiger charge is 2.46. The van der Waals surface area contributed by atoms with E-state index in [1.807, 2.05) is 0 Å². The van der Waals surface area contributed by atoms with Crippen LogP contribution in [-0.4, -0.2) is 12.5 Å². The van der Waals surface area contributed by atoms with Gasteiger partial charge in [-0.1, -0.05) is 23.7 Å². The number of rotatable bonds is 2. The molecule has 1 aliphatic heterocycles. The van der Waals surface area contributed by atoms with Gasteiger partial charge in [-0.25, -0.2) is 8.78 Å². The summed E-state index contributed by atoms with van der Waals surface area (Å²) in [5.41, 5.74) is 2.13. The smallest absolute Gasteiger partial charge is 0.230 e. The molecule has 5 heteroatoms. The molecule has 124 valence electrons. The molecule has 1 heterocycles. The lowest BCUT2D eigenvalue weighted by atomic mass is 10.00. The molecule has 2 atom stereocenters. The molecule has 2 unspecified atom stereocenters. The molecule has 1 amide bonds. The van der Waals surface area contributed by atoms with Crippen LogP contribution in [0.15, 0.2) is 36.4 Å². The molecule has 0 radical (unpaired) electrons. The Balaban J connectivity index is 1.58. The number of nitrogens with zero attached hydrogens (tertiary/aromatic N) is 1. The van der Waals surface area contributed by atoms with E-state index in [0.29, 0.717) is 17.3 Å². The van der Waals surface area contributed by atoms with Crippen LogP contribution >= 0.6 is 11.6 Å². The number of halogens is 3. The van der Waals surface area contributed by atoms with Crippen molar-refractivity contribution in [1.82, 2.24) is 0 Å².